The number of nitrogens with zero attached hydrogens (tertiary/aromatic N) is 1. The third-order valence-electron chi connectivity index (χ3n) is 5.12. The molecule has 0 radical (unpaired) electrons. The van der Waals surface area contributed by atoms with Crippen LogP contribution in [0.1, 0.15) is 12.5 Å². The maximum Gasteiger partial charge on any atom is 0.265 e. The van der Waals surface area contributed by atoms with Crippen LogP contribution in [-0.4, -0.2) is 27.0 Å². The lowest BCUT2D eigenvalue weighted by molar-refractivity contribution is -0.120. The van der Waals surface area contributed by atoms with E-state index in [0.29, 0.717) is 16.5 Å². The second-order valence-corrected chi connectivity index (χ2v) is 10.5. The first-order valence-corrected chi connectivity index (χ1v) is 12.5. The minimum Gasteiger partial charge on any atom is -0.484 e. The van der Waals surface area contributed by atoms with Gasteiger partial charge in [0.1, 0.15) is 5.75 Å². The number of carbonyl (C=O) groups is 1. The molecule has 3 aromatic carbocycles. The van der Waals surface area contributed by atoms with Gasteiger partial charge in [-0.25, -0.2) is 8.42 Å². The first-order chi connectivity index (χ1) is 15.2. The van der Waals surface area contributed by atoms with Gasteiger partial charge in [0.05, 0.1) is 4.90 Å². The summed E-state index contributed by atoms with van der Waals surface area (Å²) in [4.78, 5) is 14.6. The van der Waals surface area contributed by atoms with Gasteiger partial charge in [0.2, 0.25) is 0 Å². The molecule has 1 atom stereocenters. The number of anilines is 2. The van der Waals surface area contributed by atoms with Gasteiger partial charge in [0.25, 0.3) is 15.9 Å². The number of fused-ring (bicyclic) bond motifs is 1. The van der Waals surface area contributed by atoms with Crippen LogP contribution in [-0.2, 0) is 21.2 Å². The Morgan fingerprint density at radius 2 is 1.81 bits per heavy atom. The van der Waals surface area contributed by atoms with Gasteiger partial charge in [0.15, 0.2) is 6.61 Å². The van der Waals surface area contributed by atoms with Crippen LogP contribution in [0.2, 0.25) is 5.02 Å². The van der Waals surface area contributed by atoms with E-state index in [-0.39, 0.29) is 23.5 Å². The van der Waals surface area contributed by atoms with Crippen LogP contribution in [0.5, 0.6) is 5.75 Å². The number of sulfonamides is 1. The summed E-state index contributed by atoms with van der Waals surface area (Å²) in [5.41, 5.74) is 2.42. The highest BCUT2D eigenvalue weighted by Gasteiger charge is 2.31. The van der Waals surface area contributed by atoms with Gasteiger partial charge in [0, 0.05) is 26.9 Å². The number of nitrogens with one attached hydrogen (secondary N) is 1. The Morgan fingerprint density at radius 1 is 1.12 bits per heavy atom. The van der Waals surface area contributed by atoms with Gasteiger partial charge in [-0.05, 0) is 85.6 Å². The predicted molar refractivity (Wildman–Crippen MR) is 129 cm³/mol. The average Bonchev–Trinajstić information content (AvgIpc) is 3.08. The standard InChI is InChI=1S/C23H20BrClN2O4S/c1-15-12-16-13-17(24)2-11-22(16)27(15)23(28)14-31-20-7-9-21(10-8-20)32(29,30)26-19-5-3-18(25)4-6-19/h2-11,13,15,26H,12,14H2,1H3/t15-/m1/s1. The normalized spacial score (nSPS) is 15.3. The predicted octanol–water partition coefficient (Wildman–Crippen LogP) is 5.26. The van der Waals surface area contributed by atoms with E-state index in [1.54, 1.807) is 29.2 Å². The smallest absolute Gasteiger partial charge is 0.265 e. The zero-order chi connectivity index (χ0) is 22.9. The van der Waals surface area contributed by atoms with E-state index < -0.39 is 10.0 Å². The monoisotopic (exact) mass is 534 g/mol. The first-order valence-electron chi connectivity index (χ1n) is 9.85. The van der Waals surface area contributed by atoms with Crippen molar-refractivity contribution in [2.75, 3.05) is 16.2 Å². The molecular formula is C23H20BrClN2O4S. The second-order valence-electron chi connectivity index (χ2n) is 7.46. The highest BCUT2D eigenvalue weighted by Crippen LogP contribution is 2.34. The van der Waals surface area contributed by atoms with Crippen LogP contribution in [0.4, 0.5) is 11.4 Å². The largest absolute Gasteiger partial charge is 0.484 e. The van der Waals surface area contributed by atoms with Crippen LogP contribution in [0, 0.1) is 0 Å². The molecule has 166 valence electrons. The van der Waals surface area contributed by atoms with E-state index in [1.165, 1.54) is 24.3 Å². The van der Waals surface area contributed by atoms with Gasteiger partial charge < -0.3 is 9.64 Å². The van der Waals surface area contributed by atoms with Crippen molar-refractivity contribution >= 4 is 54.8 Å². The maximum atomic E-state index is 12.8. The maximum absolute atomic E-state index is 12.8. The van der Waals surface area contributed by atoms with Crippen LogP contribution in [0.25, 0.3) is 0 Å². The van der Waals surface area contributed by atoms with Gasteiger partial charge in [-0.3, -0.25) is 9.52 Å². The lowest BCUT2D eigenvalue weighted by Crippen LogP contribution is -2.39. The van der Waals surface area contributed by atoms with Crippen molar-refractivity contribution in [1.82, 2.24) is 0 Å². The van der Waals surface area contributed by atoms with Crippen molar-refractivity contribution in [2.45, 2.75) is 24.3 Å². The van der Waals surface area contributed by atoms with Crippen molar-refractivity contribution < 1.29 is 17.9 Å². The van der Waals surface area contributed by atoms with Crippen LogP contribution >= 0.6 is 27.5 Å². The molecule has 1 N–H and O–H groups in total. The van der Waals surface area contributed by atoms with Crippen molar-refractivity contribution in [3.05, 3.63) is 81.8 Å². The molecule has 0 aliphatic carbocycles. The molecule has 0 saturated heterocycles. The van der Waals surface area contributed by atoms with Gasteiger partial charge in [-0.1, -0.05) is 27.5 Å². The third kappa shape index (κ3) is 4.92. The molecule has 1 amide bonds. The lowest BCUT2D eigenvalue weighted by Gasteiger charge is -2.22. The summed E-state index contributed by atoms with van der Waals surface area (Å²) < 4.78 is 34.2. The molecule has 0 saturated carbocycles. The number of carbonyl (C=O) groups excluding carboxylic acids is 1. The Morgan fingerprint density at radius 3 is 2.50 bits per heavy atom. The van der Waals surface area contributed by atoms with E-state index in [4.69, 9.17) is 16.3 Å². The molecule has 0 spiro atoms. The Balaban J connectivity index is 1.40. The third-order valence-corrected chi connectivity index (χ3v) is 7.26. The average molecular weight is 536 g/mol. The number of ether oxygens (including phenoxy) is 1. The molecule has 0 unspecified atom stereocenters. The van der Waals surface area contributed by atoms with E-state index in [9.17, 15) is 13.2 Å². The molecule has 1 aliphatic heterocycles. The molecule has 32 heavy (non-hydrogen) atoms. The molecule has 0 fully saturated rings. The topological polar surface area (TPSA) is 75.7 Å². The highest BCUT2D eigenvalue weighted by molar-refractivity contribution is 9.10. The van der Waals surface area contributed by atoms with Crippen molar-refractivity contribution in [3.8, 4) is 5.75 Å². The van der Waals surface area contributed by atoms with Crippen LogP contribution < -0.4 is 14.4 Å². The number of amides is 1. The Hall–Kier alpha value is -2.55. The fourth-order valence-electron chi connectivity index (χ4n) is 3.64. The number of hydrogen-bond acceptors (Lipinski definition) is 4. The number of benzene rings is 3. The molecule has 1 aliphatic rings. The minimum absolute atomic E-state index is 0.0434. The highest BCUT2D eigenvalue weighted by atomic mass is 79.9. The number of rotatable bonds is 6. The van der Waals surface area contributed by atoms with E-state index in [1.807, 2.05) is 25.1 Å². The summed E-state index contributed by atoms with van der Waals surface area (Å²) >= 11 is 9.29. The summed E-state index contributed by atoms with van der Waals surface area (Å²) in [6.07, 6.45) is 0.785. The number of halogens is 2. The van der Waals surface area contributed by atoms with E-state index in [0.717, 1.165) is 22.1 Å². The van der Waals surface area contributed by atoms with Crippen molar-refractivity contribution in [3.63, 3.8) is 0 Å². The number of hydrogen-bond donors (Lipinski definition) is 1. The summed E-state index contributed by atoms with van der Waals surface area (Å²) in [6, 6.07) is 18.2. The molecule has 0 bridgehead atoms. The minimum atomic E-state index is -3.76. The van der Waals surface area contributed by atoms with E-state index >= 15 is 0 Å². The summed E-state index contributed by atoms with van der Waals surface area (Å²) in [6.45, 7) is 1.86. The summed E-state index contributed by atoms with van der Waals surface area (Å²) in [7, 11) is -3.76. The van der Waals surface area contributed by atoms with Gasteiger partial charge in [-0.15, -0.1) is 0 Å². The SMILES string of the molecule is C[C@@H]1Cc2cc(Br)ccc2N1C(=O)COc1ccc(S(=O)(=O)Nc2ccc(Cl)cc2)cc1. The summed E-state index contributed by atoms with van der Waals surface area (Å²) in [5, 5.41) is 0.517. The molecule has 6 nitrogen and oxygen atoms in total. The Bertz CT molecular complexity index is 1250. The summed E-state index contributed by atoms with van der Waals surface area (Å²) in [5.74, 6) is 0.256. The fourth-order valence-corrected chi connectivity index (χ4v) is 5.23. The van der Waals surface area contributed by atoms with Gasteiger partial charge in [-0.2, -0.15) is 0 Å². The lowest BCUT2D eigenvalue weighted by atomic mass is 10.1. The van der Waals surface area contributed by atoms with Crippen molar-refractivity contribution in [2.24, 2.45) is 0 Å². The molecule has 3 aromatic rings. The van der Waals surface area contributed by atoms with Crippen LogP contribution in [0.3, 0.4) is 0 Å². The fraction of sp³-hybridized carbons (Fsp3) is 0.174. The molecule has 0 aromatic heterocycles. The van der Waals surface area contributed by atoms with Crippen molar-refractivity contribution in [1.29, 1.82) is 0 Å². The Labute approximate surface area is 200 Å². The molecular weight excluding hydrogens is 516 g/mol. The van der Waals surface area contributed by atoms with Crippen LogP contribution in [0.15, 0.2) is 76.1 Å². The van der Waals surface area contributed by atoms with E-state index in [2.05, 4.69) is 20.7 Å². The van der Waals surface area contributed by atoms with Gasteiger partial charge >= 0.3 is 0 Å². The molecule has 4 rings (SSSR count). The quantitative estimate of drug-likeness (QED) is 0.467. The zero-order valence-electron chi connectivity index (χ0n) is 17.1. The Kier molecular flexibility index (Phi) is 6.46. The molecule has 9 heteroatoms. The molecule has 1 heterocycles. The zero-order valence-corrected chi connectivity index (χ0v) is 20.2. The second kappa shape index (κ2) is 9.13. The first kappa shape index (κ1) is 22.6.